The van der Waals surface area contributed by atoms with Crippen molar-refractivity contribution in [2.75, 3.05) is 0 Å². The van der Waals surface area contributed by atoms with Gasteiger partial charge < -0.3 is 0 Å². The van der Waals surface area contributed by atoms with E-state index in [9.17, 15) is 0 Å². The molecule has 2 aromatic heterocycles. The molecular formula is C49H32N4. The highest BCUT2D eigenvalue weighted by Crippen LogP contribution is 2.34. The highest BCUT2D eigenvalue weighted by atomic mass is 15.1. The van der Waals surface area contributed by atoms with E-state index in [2.05, 4.69) is 187 Å². The average Bonchev–Trinajstić information content (AvgIpc) is 3.63. The fraction of sp³-hybridized carbons (Fsp3) is 0. The number of benzene rings is 8. The van der Waals surface area contributed by atoms with Crippen molar-refractivity contribution < 1.29 is 0 Å². The standard InChI is InChI=1S/C49H32N4/c1-2-17-43(18-3-1)53-47-20-9-8-19-44(47)52-49(53)36-25-21-35(22-26-36)39-15-10-16-42(31-39)48-50-45(40-27-23-33-11-4-6-13-37(33)29-40)32-46(51-48)41-28-24-34-12-5-7-14-38(34)30-41/h1-32H. The summed E-state index contributed by atoms with van der Waals surface area (Å²) in [6, 6.07) is 68.0. The summed E-state index contributed by atoms with van der Waals surface area (Å²) in [5.74, 6) is 1.60. The van der Waals surface area contributed by atoms with E-state index in [1.165, 1.54) is 21.5 Å². The molecule has 8 aromatic carbocycles. The van der Waals surface area contributed by atoms with Crippen molar-refractivity contribution in [1.29, 1.82) is 0 Å². The summed E-state index contributed by atoms with van der Waals surface area (Å²) in [6.07, 6.45) is 0. The molecule has 248 valence electrons. The first-order valence-electron chi connectivity index (χ1n) is 17.9. The minimum atomic E-state index is 0.689. The summed E-state index contributed by atoms with van der Waals surface area (Å²) in [4.78, 5) is 15.5. The lowest BCUT2D eigenvalue weighted by Gasteiger charge is -2.12. The summed E-state index contributed by atoms with van der Waals surface area (Å²) < 4.78 is 2.23. The summed E-state index contributed by atoms with van der Waals surface area (Å²) in [5.41, 5.74) is 11.2. The van der Waals surface area contributed by atoms with Gasteiger partial charge in [-0.05, 0) is 81.2 Å². The van der Waals surface area contributed by atoms with Gasteiger partial charge in [-0.15, -0.1) is 0 Å². The van der Waals surface area contributed by atoms with Gasteiger partial charge in [0.2, 0.25) is 0 Å². The number of hydrogen-bond donors (Lipinski definition) is 0. The molecule has 0 saturated carbocycles. The molecule has 4 heteroatoms. The predicted octanol–water partition coefficient (Wildman–Crippen LogP) is 12.5. The molecule has 0 radical (unpaired) electrons. The number of aromatic nitrogens is 4. The van der Waals surface area contributed by atoms with E-state index < -0.39 is 0 Å². The Morgan fingerprint density at radius 2 is 0.868 bits per heavy atom. The molecule has 10 aromatic rings. The number of hydrogen-bond acceptors (Lipinski definition) is 3. The monoisotopic (exact) mass is 676 g/mol. The molecule has 0 aliphatic heterocycles. The Labute approximate surface area is 307 Å². The number of imidazole rings is 1. The minimum Gasteiger partial charge on any atom is -0.292 e. The lowest BCUT2D eigenvalue weighted by Crippen LogP contribution is -1.97. The van der Waals surface area contributed by atoms with Gasteiger partial charge >= 0.3 is 0 Å². The topological polar surface area (TPSA) is 43.6 Å². The Kier molecular flexibility index (Phi) is 7.43. The number of para-hydroxylation sites is 3. The predicted molar refractivity (Wildman–Crippen MR) is 219 cm³/mol. The molecule has 0 saturated heterocycles. The third kappa shape index (κ3) is 5.73. The first-order chi connectivity index (χ1) is 26.2. The quantitative estimate of drug-likeness (QED) is 0.176. The van der Waals surface area contributed by atoms with E-state index in [0.29, 0.717) is 5.82 Å². The van der Waals surface area contributed by atoms with Crippen LogP contribution in [0.15, 0.2) is 194 Å². The van der Waals surface area contributed by atoms with Crippen LogP contribution in [0.2, 0.25) is 0 Å². The zero-order chi connectivity index (χ0) is 35.1. The van der Waals surface area contributed by atoms with Gasteiger partial charge in [0.15, 0.2) is 5.82 Å². The van der Waals surface area contributed by atoms with Crippen LogP contribution in [0.3, 0.4) is 0 Å². The van der Waals surface area contributed by atoms with Crippen molar-refractivity contribution in [3.8, 4) is 62.1 Å². The van der Waals surface area contributed by atoms with Gasteiger partial charge in [0.1, 0.15) is 5.82 Å². The van der Waals surface area contributed by atoms with Crippen LogP contribution in [0.5, 0.6) is 0 Å². The fourth-order valence-corrected chi connectivity index (χ4v) is 7.28. The van der Waals surface area contributed by atoms with E-state index in [4.69, 9.17) is 15.0 Å². The van der Waals surface area contributed by atoms with E-state index in [-0.39, 0.29) is 0 Å². The second kappa shape index (κ2) is 12.9. The van der Waals surface area contributed by atoms with Crippen molar-refractivity contribution in [3.63, 3.8) is 0 Å². The van der Waals surface area contributed by atoms with Gasteiger partial charge in [-0.2, -0.15) is 0 Å². The summed E-state index contributed by atoms with van der Waals surface area (Å²) >= 11 is 0. The lowest BCUT2D eigenvalue weighted by atomic mass is 10.00. The highest BCUT2D eigenvalue weighted by Gasteiger charge is 2.16. The third-order valence-corrected chi connectivity index (χ3v) is 9.99. The van der Waals surface area contributed by atoms with Gasteiger partial charge in [0.05, 0.1) is 22.4 Å². The van der Waals surface area contributed by atoms with Crippen molar-refractivity contribution in [2.45, 2.75) is 0 Å². The van der Waals surface area contributed by atoms with E-state index in [0.717, 1.165) is 67.3 Å². The maximum Gasteiger partial charge on any atom is 0.160 e. The fourth-order valence-electron chi connectivity index (χ4n) is 7.28. The molecule has 2 heterocycles. The van der Waals surface area contributed by atoms with Gasteiger partial charge in [-0.3, -0.25) is 4.57 Å². The van der Waals surface area contributed by atoms with Crippen molar-refractivity contribution in [1.82, 2.24) is 19.5 Å². The second-order valence-electron chi connectivity index (χ2n) is 13.3. The van der Waals surface area contributed by atoms with E-state index in [1.807, 2.05) is 12.1 Å². The Bertz CT molecular complexity index is 2850. The molecular weight excluding hydrogens is 645 g/mol. The molecule has 0 spiro atoms. The van der Waals surface area contributed by atoms with E-state index in [1.54, 1.807) is 0 Å². The Hall–Kier alpha value is -7.17. The molecule has 0 atom stereocenters. The molecule has 10 rings (SSSR count). The van der Waals surface area contributed by atoms with Crippen LogP contribution in [0.4, 0.5) is 0 Å². The normalized spacial score (nSPS) is 11.4. The molecule has 0 bridgehead atoms. The Morgan fingerprint density at radius 1 is 0.321 bits per heavy atom. The third-order valence-electron chi connectivity index (χ3n) is 9.99. The molecule has 0 aliphatic carbocycles. The van der Waals surface area contributed by atoms with Crippen LogP contribution in [-0.4, -0.2) is 19.5 Å². The largest absolute Gasteiger partial charge is 0.292 e. The van der Waals surface area contributed by atoms with Gasteiger partial charge in [0, 0.05) is 27.9 Å². The second-order valence-corrected chi connectivity index (χ2v) is 13.3. The average molecular weight is 677 g/mol. The molecule has 0 unspecified atom stereocenters. The Balaban J connectivity index is 1.06. The zero-order valence-corrected chi connectivity index (χ0v) is 28.8. The minimum absolute atomic E-state index is 0.689. The summed E-state index contributed by atoms with van der Waals surface area (Å²) in [5, 5.41) is 4.78. The molecule has 0 amide bonds. The summed E-state index contributed by atoms with van der Waals surface area (Å²) in [6.45, 7) is 0. The highest BCUT2D eigenvalue weighted by molar-refractivity contribution is 5.90. The SMILES string of the molecule is c1ccc(-n2c(-c3ccc(-c4cccc(-c5nc(-c6ccc7ccccc7c6)cc(-c6ccc7ccccc7c6)n5)c4)cc3)nc3ccccc32)cc1. The van der Waals surface area contributed by atoms with Crippen LogP contribution in [0, 0.1) is 0 Å². The molecule has 0 fully saturated rings. The van der Waals surface area contributed by atoms with Gasteiger partial charge in [0.25, 0.3) is 0 Å². The zero-order valence-electron chi connectivity index (χ0n) is 28.8. The smallest absolute Gasteiger partial charge is 0.160 e. The van der Waals surface area contributed by atoms with Crippen molar-refractivity contribution >= 4 is 32.6 Å². The first kappa shape index (κ1) is 30.6. The van der Waals surface area contributed by atoms with Crippen LogP contribution in [-0.2, 0) is 0 Å². The van der Waals surface area contributed by atoms with E-state index >= 15 is 0 Å². The van der Waals surface area contributed by atoms with Crippen LogP contribution in [0.1, 0.15) is 0 Å². The van der Waals surface area contributed by atoms with Crippen LogP contribution >= 0.6 is 0 Å². The van der Waals surface area contributed by atoms with Crippen LogP contribution < -0.4 is 0 Å². The number of nitrogens with zero attached hydrogens (tertiary/aromatic N) is 4. The number of fused-ring (bicyclic) bond motifs is 3. The molecule has 53 heavy (non-hydrogen) atoms. The molecule has 4 nitrogen and oxygen atoms in total. The van der Waals surface area contributed by atoms with Crippen molar-refractivity contribution in [3.05, 3.63) is 194 Å². The van der Waals surface area contributed by atoms with Gasteiger partial charge in [-0.1, -0.05) is 146 Å². The maximum absolute atomic E-state index is 5.19. The maximum atomic E-state index is 5.19. The van der Waals surface area contributed by atoms with Crippen LogP contribution in [0.25, 0.3) is 94.7 Å². The Morgan fingerprint density at radius 3 is 1.55 bits per heavy atom. The molecule has 0 N–H and O–H groups in total. The summed E-state index contributed by atoms with van der Waals surface area (Å²) in [7, 11) is 0. The van der Waals surface area contributed by atoms with Gasteiger partial charge in [-0.25, -0.2) is 15.0 Å². The number of rotatable bonds is 6. The molecule has 0 aliphatic rings. The first-order valence-corrected chi connectivity index (χ1v) is 17.9. The van der Waals surface area contributed by atoms with Crippen molar-refractivity contribution in [2.24, 2.45) is 0 Å². The lowest BCUT2D eigenvalue weighted by molar-refractivity contribution is 1.10.